The van der Waals surface area contributed by atoms with Crippen molar-refractivity contribution in [2.75, 3.05) is 5.73 Å². The average Bonchev–Trinajstić information content (AvgIpc) is 2.34. The number of anilines is 1. The number of nitrogens with one attached hydrogen (secondary N) is 1. The first kappa shape index (κ1) is 11.2. The van der Waals surface area contributed by atoms with Crippen molar-refractivity contribution in [2.24, 2.45) is 0 Å². The van der Waals surface area contributed by atoms with Gasteiger partial charge >= 0.3 is 0 Å². The van der Waals surface area contributed by atoms with Crippen LogP contribution < -0.4 is 15.8 Å². The molecular weight excluding hydrogens is 223 g/mol. The van der Waals surface area contributed by atoms with E-state index in [1.807, 2.05) is 0 Å². The molecule has 0 aliphatic carbocycles. The molecule has 17 heavy (non-hydrogen) atoms. The Kier molecular flexibility index (Phi) is 3.09. The molecule has 0 saturated carbocycles. The highest BCUT2D eigenvalue weighted by Gasteiger charge is 2.09. The lowest BCUT2D eigenvalue weighted by Crippen LogP contribution is -2.26. The van der Waals surface area contributed by atoms with E-state index >= 15 is 0 Å². The van der Waals surface area contributed by atoms with Gasteiger partial charge in [-0.15, -0.1) is 0 Å². The lowest BCUT2D eigenvalue weighted by Gasteiger charge is -2.14. The quantitative estimate of drug-likeness (QED) is 0.612. The Balaban J connectivity index is 2.15. The van der Waals surface area contributed by atoms with Crippen molar-refractivity contribution >= 4 is 12.0 Å². The summed E-state index contributed by atoms with van der Waals surface area (Å²) in [6.45, 7) is 0. The molecule has 4 nitrogen and oxygen atoms in total. The van der Waals surface area contributed by atoms with E-state index in [2.05, 4.69) is 5.32 Å². The maximum Gasteiger partial charge on any atom is 0.149 e. The summed E-state index contributed by atoms with van der Waals surface area (Å²) in [5.41, 5.74) is 5.42. The number of carbonyl (C=O) groups excluding carboxylic acids is 1. The fourth-order valence-corrected chi connectivity index (χ4v) is 1.38. The maximum atomic E-state index is 13.2. The summed E-state index contributed by atoms with van der Waals surface area (Å²) >= 11 is 0. The summed E-state index contributed by atoms with van der Waals surface area (Å²) in [5.74, 6) is 0.275. The molecule has 88 valence electrons. The molecule has 1 heterocycles. The fraction of sp³-hybridized carbons (Fsp3) is 0.0833. The van der Waals surface area contributed by atoms with Gasteiger partial charge < -0.3 is 20.6 Å². The van der Waals surface area contributed by atoms with Crippen molar-refractivity contribution < 1.29 is 13.9 Å². The average molecular weight is 234 g/mol. The normalized spacial score (nSPS) is 18.2. The predicted octanol–water partition coefficient (Wildman–Crippen LogP) is 1.36. The molecule has 1 unspecified atom stereocenters. The van der Waals surface area contributed by atoms with Crippen molar-refractivity contribution in [1.82, 2.24) is 5.32 Å². The second-order valence-electron chi connectivity index (χ2n) is 3.52. The third-order valence-electron chi connectivity index (χ3n) is 2.23. The van der Waals surface area contributed by atoms with Gasteiger partial charge in [0.25, 0.3) is 0 Å². The second-order valence-corrected chi connectivity index (χ2v) is 3.52. The molecule has 1 aromatic rings. The first-order valence-electron chi connectivity index (χ1n) is 5.01. The van der Waals surface area contributed by atoms with E-state index < -0.39 is 11.9 Å². The van der Waals surface area contributed by atoms with Gasteiger partial charge in [0.15, 0.2) is 0 Å². The number of nitrogen functional groups attached to an aromatic ring is 1. The first-order chi connectivity index (χ1) is 8.19. The fourth-order valence-electron chi connectivity index (χ4n) is 1.38. The Morgan fingerprint density at radius 2 is 2.29 bits per heavy atom. The van der Waals surface area contributed by atoms with Gasteiger partial charge in [-0.2, -0.15) is 0 Å². The number of rotatable bonds is 3. The van der Waals surface area contributed by atoms with Crippen LogP contribution >= 0.6 is 0 Å². The van der Waals surface area contributed by atoms with Crippen molar-refractivity contribution in [3.63, 3.8) is 0 Å². The Bertz CT molecular complexity index is 497. The van der Waals surface area contributed by atoms with Crippen molar-refractivity contribution in [3.8, 4) is 5.75 Å². The summed E-state index contributed by atoms with van der Waals surface area (Å²) in [5, 5.41) is 2.81. The zero-order valence-corrected chi connectivity index (χ0v) is 8.89. The van der Waals surface area contributed by atoms with Gasteiger partial charge in [0.1, 0.15) is 29.7 Å². The Morgan fingerprint density at radius 1 is 1.47 bits per heavy atom. The smallest absolute Gasteiger partial charge is 0.149 e. The van der Waals surface area contributed by atoms with Crippen LogP contribution in [0.3, 0.4) is 0 Å². The van der Waals surface area contributed by atoms with Crippen molar-refractivity contribution in [2.45, 2.75) is 6.04 Å². The first-order valence-corrected chi connectivity index (χ1v) is 5.01. The Morgan fingerprint density at radius 3 is 3.00 bits per heavy atom. The molecule has 0 amide bonds. The maximum absolute atomic E-state index is 13.2. The Hall–Kier alpha value is -2.30. The molecular formula is C12H11FN2O2. The molecule has 0 spiro atoms. The molecule has 0 bridgehead atoms. The van der Waals surface area contributed by atoms with Crippen LogP contribution in [0.15, 0.2) is 42.3 Å². The van der Waals surface area contributed by atoms with Crippen LogP contribution in [0.1, 0.15) is 0 Å². The molecule has 3 N–H and O–H groups in total. The zero-order valence-electron chi connectivity index (χ0n) is 8.89. The summed E-state index contributed by atoms with van der Waals surface area (Å²) < 4.78 is 18.6. The van der Waals surface area contributed by atoms with Crippen LogP contribution in [0.4, 0.5) is 10.1 Å². The molecule has 2 rings (SSSR count). The minimum atomic E-state index is -0.534. The minimum absolute atomic E-state index is 0.0675. The topological polar surface area (TPSA) is 64.3 Å². The highest BCUT2D eigenvalue weighted by molar-refractivity contribution is 5.62. The van der Waals surface area contributed by atoms with Gasteiger partial charge in [-0.1, -0.05) is 0 Å². The second kappa shape index (κ2) is 4.69. The molecule has 0 saturated heterocycles. The van der Waals surface area contributed by atoms with E-state index in [0.717, 1.165) is 6.29 Å². The number of halogens is 1. The third-order valence-corrected chi connectivity index (χ3v) is 2.23. The molecule has 0 fully saturated rings. The number of hydrogen-bond donors (Lipinski definition) is 2. The number of nitrogens with two attached hydrogens (primary N) is 1. The lowest BCUT2D eigenvalue weighted by atomic mass is 10.2. The van der Waals surface area contributed by atoms with Gasteiger partial charge in [0, 0.05) is 12.3 Å². The van der Waals surface area contributed by atoms with Crippen LogP contribution in [0.5, 0.6) is 5.75 Å². The largest absolute Gasteiger partial charge is 0.457 e. The molecule has 0 aromatic heterocycles. The van der Waals surface area contributed by atoms with Gasteiger partial charge in [-0.05, 0) is 24.3 Å². The van der Waals surface area contributed by atoms with Crippen LogP contribution in [-0.2, 0) is 4.79 Å². The number of ether oxygens (including phenoxy) is 1. The number of benzene rings is 1. The number of aldehydes is 1. The van der Waals surface area contributed by atoms with E-state index in [4.69, 9.17) is 10.5 Å². The third kappa shape index (κ3) is 2.63. The van der Waals surface area contributed by atoms with Crippen LogP contribution in [-0.4, -0.2) is 12.3 Å². The van der Waals surface area contributed by atoms with Gasteiger partial charge in [0.2, 0.25) is 0 Å². The van der Waals surface area contributed by atoms with Crippen molar-refractivity contribution in [1.29, 1.82) is 0 Å². The summed E-state index contributed by atoms with van der Waals surface area (Å²) in [4.78, 5) is 10.6. The van der Waals surface area contributed by atoms with E-state index in [-0.39, 0.29) is 5.69 Å². The molecule has 0 radical (unpaired) electrons. The highest BCUT2D eigenvalue weighted by atomic mass is 19.1. The molecule has 1 aliphatic heterocycles. The lowest BCUT2D eigenvalue weighted by molar-refractivity contribution is -0.108. The van der Waals surface area contributed by atoms with Crippen LogP contribution in [0.25, 0.3) is 0 Å². The number of allylic oxidation sites excluding steroid dienone is 1. The summed E-state index contributed by atoms with van der Waals surface area (Å²) in [6.07, 6.45) is 5.59. The van der Waals surface area contributed by atoms with E-state index in [0.29, 0.717) is 11.5 Å². The van der Waals surface area contributed by atoms with Gasteiger partial charge in [-0.25, -0.2) is 4.39 Å². The summed E-state index contributed by atoms with van der Waals surface area (Å²) in [6, 6.07) is 3.76. The standard InChI is InChI=1S/C12H11FN2O2/c13-11-6-9(1-2-12(11)14)17-10-3-4-15-8(5-10)7-16/h1-8,15H,14H2. The zero-order chi connectivity index (χ0) is 12.3. The van der Waals surface area contributed by atoms with Gasteiger partial charge in [0.05, 0.1) is 5.69 Å². The van der Waals surface area contributed by atoms with Crippen molar-refractivity contribution in [3.05, 3.63) is 48.1 Å². The number of hydrogen-bond acceptors (Lipinski definition) is 4. The van der Waals surface area contributed by atoms with E-state index in [9.17, 15) is 9.18 Å². The van der Waals surface area contributed by atoms with Crippen LogP contribution in [0.2, 0.25) is 0 Å². The monoisotopic (exact) mass is 234 g/mol. The minimum Gasteiger partial charge on any atom is -0.457 e. The molecule has 1 atom stereocenters. The van der Waals surface area contributed by atoms with Gasteiger partial charge in [-0.3, -0.25) is 0 Å². The predicted molar refractivity (Wildman–Crippen MR) is 61.7 cm³/mol. The molecule has 5 heteroatoms. The SMILES string of the molecule is Nc1ccc(OC2=CC(C=O)NC=C2)cc1F. The number of carbonyl (C=O) groups is 1. The molecule has 1 aromatic carbocycles. The number of dihydropyridines is 1. The summed E-state index contributed by atoms with van der Waals surface area (Å²) in [7, 11) is 0. The van der Waals surface area contributed by atoms with E-state index in [1.165, 1.54) is 12.1 Å². The Labute approximate surface area is 97.6 Å². The van der Waals surface area contributed by atoms with Crippen LogP contribution in [0, 0.1) is 5.82 Å². The molecule has 1 aliphatic rings. The van der Waals surface area contributed by atoms with E-state index in [1.54, 1.807) is 24.4 Å². The highest BCUT2D eigenvalue weighted by Crippen LogP contribution is 2.20.